The van der Waals surface area contributed by atoms with Gasteiger partial charge in [-0.25, -0.2) is 9.59 Å². The molecular weight excluding hydrogens is 481 g/mol. The molecule has 168 valence electrons. The minimum Gasteiger partial charge on any atom is -0.473 e. The van der Waals surface area contributed by atoms with Gasteiger partial charge in [0.2, 0.25) is 0 Å². The third kappa shape index (κ3) is 8.31. The second-order valence-corrected chi connectivity index (χ2v) is 7.86. The predicted molar refractivity (Wildman–Crippen MR) is 111 cm³/mol. The van der Waals surface area contributed by atoms with Gasteiger partial charge >= 0.3 is 18.1 Å². The Kier molecular flexibility index (Phi) is 9.02. The van der Waals surface area contributed by atoms with Gasteiger partial charge in [-0.15, -0.1) is 0 Å². The van der Waals surface area contributed by atoms with E-state index in [4.69, 9.17) is 19.8 Å². The van der Waals surface area contributed by atoms with Crippen molar-refractivity contribution in [2.75, 3.05) is 26.2 Å². The Hall–Kier alpha value is -2.43. The topological polar surface area (TPSA) is 81.1 Å². The van der Waals surface area contributed by atoms with E-state index in [-0.39, 0.29) is 0 Å². The summed E-state index contributed by atoms with van der Waals surface area (Å²) in [7, 11) is 0. The van der Waals surface area contributed by atoms with Crippen LogP contribution in [0.15, 0.2) is 53.0 Å². The number of rotatable bonds is 4. The van der Waals surface area contributed by atoms with Gasteiger partial charge in [-0.2, -0.15) is 13.2 Å². The number of hydrogen-bond acceptors (Lipinski definition) is 4. The summed E-state index contributed by atoms with van der Waals surface area (Å²) in [5.74, 6) is -3.65. The highest BCUT2D eigenvalue weighted by atomic mass is 79.9. The Bertz CT molecular complexity index is 888. The molecule has 0 atom stereocenters. The van der Waals surface area contributed by atoms with E-state index in [1.807, 2.05) is 12.1 Å². The van der Waals surface area contributed by atoms with Crippen LogP contribution >= 0.6 is 15.9 Å². The Balaban J connectivity index is 0.000000501. The SMILES string of the molecule is FC(F)(F)c1ccccc1CN1CCN(Cc2cccc(Br)c2)CC1.O=C(O)C(=O)O. The molecule has 10 heteroatoms. The van der Waals surface area contributed by atoms with Gasteiger partial charge in [-0.05, 0) is 29.3 Å². The summed E-state index contributed by atoms with van der Waals surface area (Å²) in [6.07, 6.45) is -4.29. The molecule has 2 aromatic carbocycles. The van der Waals surface area contributed by atoms with Crippen molar-refractivity contribution in [2.24, 2.45) is 0 Å². The highest BCUT2D eigenvalue weighted by Crippen LogP contribution is 2.32. The maximum Gasteiger partial charge on any atom is 0.416 e. The summed E-state index contributed by atoms with van der Waals surface area (Å²) in [4.78, 5) is 22.6. The molecule has 0 aliphatic carbocycles. The lowest BCUT2D eigenvalue weighted by molar-refractivity contribution is -0.159. The monoisotopic (exact) mass is 502 g/mol. The van der Waals surface area contributed by atoms with Crippen molar-refractivity contribution in [3.05, 3.63) is 69.7 Å². The fraction of sp³-hybridized carbons (Fsp3) is 0.333. The van der Waals surface area contributed by atoms with Gasteiger partial charge in [-0.1, -0.05) is 46.3 Å². The fourth-order valence-corrected chi connectivity index (χ4v) is 3.62. The van der Waals surface area contributed by atoms with Crippen LogP contribution in [-0.4, -0.2) is 58.1 Å². The molecular formula is C21H22BrF3N2O4. The molecule has 0 bridgehead atoms. The van der Waals surface area contributed by atoms with Crippen molar-refractivity contribution in [1.82, 2.24) is 9.80 Å². The van der Waals surface area contributed by atoms with E-state index in [0.29, 0.717) is 12.1 Å². The van der Waals surface area contributed by atoms with E-state index in [1.165, 1.54) is 17.7 Å². The van der Waals surface area contributed by atoms with E-state index in [9.17, 15) is 13.2 Å². The Labute approximate surface area is 186 Å². The molecule has 0 aromatic heterocycles. The van der Waals surface area contributed by atoms with Gasteiger partial charge in [0, 0.05) is 43.7 Å². The molecule has 31 heavy (non-hydrogen) atoms. The number of carboxylic acids is 2. The van der Waals surface area contributed by atoms with Gasteiger partial charge < -0.3 is 10.2 Å². The summed E-state index contributed by atoms with van der Waals surface area (Å²) in [6.45, 7) is 4.49. The standard InChI is InChI=1S/C19H20BrF3N2.C2H2O4/c20-17-6-3-4-15(12-17)13-24-8-10-25(11-9-24)14-16-5-1-2-7-18(16)19(21,22)23;3-1(4)2(5)6/h1-7,12H,8-11,13-14H2;(H,3,4)(H,5,6). The summed E-state index contributed by atoms with van der Waals surface area (Å²) >= 11 is 3.48. The van der Waals surface area contributed by atoms with Crippen molar-refractivity contribution < 1.29 is 33.0 Å². The summed E-state index contributed by atoms with van der Waals surface area (Å²) < 4.78 is 40.4. The maximum absolute atomic E-state index is 13.1. The Morgan fingerprint density at radius 2 is 1.42 bits per heavy atom. The number of piperazine rings is 1. The molecule has 0 saturated carbocycles. The molecule has 0 unspecified atom stereocenters. The zero-order valence-electron chi connectivity index (χ0n) is 16.5. The second-order valence-electron chi connectivity index (χ2n) is 6.95. The number of aliphatic carboxylic acids is 2. The van der Waals surface area contributed by atoms with Crippen molar-refractivity contribution in [3.8, 4) is 0 Å². The lowest BCUT2D eigenvalue weighted by Gasteiger charge is -2.35. The van der Waals surface area contributed by atoms with Crippen LogP contribution in [0.3, 0.4) is 0 Å². The number of carboxylic acid groups (broad SMARTS) is 2. The van der Waals surface area contributed by atoms with Crippen LogP contribution in [0.2, 0.25) is 0 Å². The van der Waals surface area contributed by atoms with Crippen LogP contribution in [0, 0.1) is 0 Å². The summed E-state index contributed by atoms with van der Waals surface area (Å²) in [5, 5.41) is 14.8. The molecule has 2 N–H and O–H groups in total. The third-order valence-electron chi connectivity index (χ3n) is 4.66. The van der Waals surface area contributed by atoms with Gasteiger partial charge in [0.05, 0.1) is 5.56 Å². The highest BCUT2D eigenvalue weighted by Gasteiger charge is 2.33. The molecule has 0 spiro atoms. The van der Waals surface area contributed by atoms with Crippen LogP contribution in [0.4, 0.5) is 13.2 Å². The van der Waals surface area contributed by atoms with E-state index in [2.05, 4.69) is 37.9 Å². The smallest absolute Gasteiger partial charge is 0.416 e. The molecule has 1 saturated heterocycles. The van der Waals surface area contributed by atoms with E-state index >= 15 is 0 Å². The van der Waals surface area contributed by atoms with Crippen LogP contribution in [0.1, 0.15) is 16.7 Å². The lowest BCUT2D eigenvalue weighted by atomic mass is 10.1. The second kappa shape index (κ2) is 11.3. The first kappa shape index (κ1) is 24.8. The normalized spacial score (nSPS) is 15.1. The van der Waals surface area contributed by atoms with Gasteiger partial charge in [0.25, 0.3) is 0 Å². The van der Waals surface area contributed by atoms with Gasteiger partial charge in [0.15, 0.2) is 0 Å². The molecule has 1 aliphatic heterocycles. The number of nitrogens with zero attached hydrogens (tertiary/aromatic N) is 2. The van der Waals surface area contributed by atoms with Crippen LogP contribution < -0.4 is 0 Å². The van der Waals surface area contributed by atoms with E-state index in [0.717, 1.165) is 37.2 Å². The maximum atomic E-state index is 13.1. The van der Waals surface area contributed by atoms with Crippen LogP contribution in [0.5, 0.6) is 0 Å². The molecule has 1 fully saturated rings. The quantitative estimate of drug-likeness (QED) is 0.616. The van der Waals surface area contributed by atoms with Crippen LogP contribution in [-0.2, 0) is 28.9 Å². The van der Waals surface area contributed by atoms with Crippen molar-refractivity contribution in [3.63, 3.8) is 0 Å². The Morgan fingerprint density at radius 3 is 1.94 bits per heavy atom. The first-order chi connectivity index (χ1) is 14.6. The first-order valence-corrected chi connectivity index (χ1v) is 10.2. The zero-order chi connectivity index (χ0) is 23.0. The minimum atomic E-state index is -4.29. The van der Waals surface area contributed by atoms with E-state index < -0.39 is 23.7 Å². The first-order valence-electron chi connectivity index (χ1n) is 9.36. The summed E-state index contributed by atoms with van der Waals surface area (Å²) in [5.41, 5.74) is 1.08. The zero-order valence-corrected chi connectivity index (χ0v) is 18.1. The van der Waals surface area contributed by atoms with E-state index in [1.54, 1.807) is 12.1 Å². The third-order valence-corrected chi connectivity index (χ3v) is 5.15. The van der Waals surface area contributed by atoms with Crippen molar-refractivity contribution in [1.29, 1.82) is 0 Å². The molecule has 2 aromatic rings. The average molecular weight is 503 g/mol. The van der Waals surface area contributed by atoms with Crippen molar-refractivity contribution in [2.45, 2.75) is 19.3 Å². The number of carbonyl (C=O) groups is 2. The average Bonchev–Trinajstić information content (AvgIpc) is 2.69. The fourth-order valence-electron chi connectivity index (χ4n) is 3.17. The minimum absolute atomic E-state index is 0.348. The largest absolute Gasteiger partial charge is 0.473 e. The van der Waals surface area contributed by atoms with Gasteiger partial charge in [0.1, 0.15) is 0 Å². The number of alkyl halides is 3. The number of hydrogen-bond donors (Lipinski definition) is 2. The number of halogens is 4. The lowest BCUT2D eigenvalue weighted by Crippen LogP contribution is -2.45. The molecule has 0 amide bonds. The molecule has 0 radical (unpaired) electrons. The van der Waals surface area contributed by atoms with Crippen LogP contribution in [0.25, 0.3) is 0 Å². The molecule has 1 heterocycles. The Morgan fingerprint density at radius 1 is 0.871 bits per heavy atom. The van der Waals surface area contributed by atoms with Gasteiger partial charge in [-0.3, -0.25) is 9.80 Å². The number of benzene rings is 2. The predicted octanol–water partition coefficient (Wildman–Crippen LogP) is 3.94. The molecule has 1 aliphatic rings. The van der Waals surface area contributed by atoms with Crippen molar-refractivity contribution >= 4 is 27.9 Å². The molecule has 6 nitrogen and oxygen atoms in total. The summed E-state index contributed by atoms with van der Waals surface area (Å²) in [6, 6.07) is 14.1. The molecule has 3 rings (SSSR count). The highest BCUT2D eigenvalue weighted by molar-refractivity contribution is 9.10.